The molecule has 2 nitrogen and oxygen atoms in total. The predicted molar refractivity (Wildman–Crippen MR) is 115 cm³/mol. The first-order chi connectivity index (χ1) is 14.2. The van der Waals surface area contributed by atoms with Gasteiger partial charge in [-0.25, -0.2) is 0 Å². The minimum Gasteiger partial charge on any atom is -0.508 e. The lowest BCUT2D eigenvalue weighted by Crippen LogP contribution is -2.36. The predicted octanol–water partition coefficient (Wildman–Crippen LogP) is 6.65. The normalized spacial score (nSPS) is 14.9. The lowest BCUT2D eigenvalue weighted by Gasteiger charge is -2.45. The number of ether oxygens (including phenoxy) is 1. The highest BCUT2D eigenvalue weighted by Gasteiger charge is 2.49. The molecule has 2 aliphatic heterocycles. The lowest BCUT2D eigenvalue weighted by atomic mass is 9.63. The fourth-order valence-corrected chi connectivity index (χ4v) is 5.96. The molecule has 0 saturated heterocycles. The van der Waals surface area contributed by atoms with Gasteiger partial charge in [0.15, 0.2) is 0 Å². The molecule has 2 aliphatic rings. The van der Waals surface area contributed by atoms with Gasteiger partial charge in [-0.1, -0.05) is 66.4 Å². The molecule has 2 heterocycles. The van der Waals surface area contributed by atoms with Crippen LogP contribution in [0.4, 0.5) is 0 Å². The van der Waals surface area contributed by atoms with Crippen LogP contribution in [-0.2, 0) is 5.41 Å². The highest BCUT2D eigenvalue weighted by molar-refractivity contribution is 7.99. The quantitative estimate of drug-likeness (QED) is 0.313. The van der Waals surface area contributed by atoms with Gasteiger partial charge >= 0.3 is 0 Å². The number of benzene rings is 4. The third-order valence-electron chi connectivity index (χ3n) is 5.93. The van der Waals surface area contributed by atoms with Crippen molar-refractivity contribution in [3.8, 4) is 17.2 Å². The van der Waals surface area contributed by atoms with Crippen LogP contribution in [0.1, 0.15) is 27.8 Å². The van der Waals surface area contributed by atoms with E-state index in [1.54, 1.807) is 12.1 Å². The molecule has 0 aliphatic carbocycles. The highest BCUT2D eigenvalue weighted by atomic mass is 32.2. The summed E-state index contributed by atoms with van der Waals surface area (Å²) in [5, 5.41) is 10.2. The Bertz CT molecular complexity index is 1190. The molecule has 0 unspecified atom stereocenters. The van der Waals surface area contributed by atoms with Gasteiger partial charge in [-0.2, -0.15) is 0 Å². The Morgan fingerprint density at radius 3 is 1.97 bits per heavy atom. The Kier molecular flexibility index (Phi) is 3.42. The summed E-state index contributed by atoms with van der Waals surface area (Å²) in [6.07, 6.45) is 0. The van der Waals surface area contributed by atoms with Crippen LogP contribution in [0.5, 0.6) is 17.2 Å². The number of phenols is 1. The molecule has 0 atom stereocenters. The molecule has 3 heteroatoms. The van der Waals surface area contributed by atoms with Crippen molar-refractivity contribution in [2.45, 2.75) is 22.1 Å². The molecular formula is C26H18O2S. The summed E-state index contributed by atoms with van der Waals surface area (Å²) >= 11 is 1.82. The number of hydrogen-bond acceptors (Lipinski definition) is 3. The van der Waals surface area contributed by atoms with Crippen molar-refractivity contribution in [3.63, 3.8) is 0 Å². The first kappa shape index (κ1) is 16.8. The molecule has 0 bridgehead atoms. The number of fused-ring (bicyclic) bond motifs is 8. The second kappa shape index (κ2) is 5.91. The monoisotopic (exact) mass is 394 g/mol. The van der Waals surface area contributed by atoms with Crippen LogP contribution in [0, 0.1) is 6.92 Å². The van der Waals surface area contributed by atoms with Crippen molar-refractivity contribution < 1.29 is 9.84 Å². The summed E-state index contributed by atoms with van der Waals surface area (Å²) in [4.78, 5) is 2.50. The van der Waals surface area contributed by atoms with Crippen LogP contribution in [-0.4, -0.2) is 5.11 Å². The molecule has 29 heavy (non-hydrogen) atoms. The van der Waals surface area contributed by atoms with Gasteiger partial charge in [-0.05, 0) is 47.9 Å². The molecule has 4 aromatic carbocycles. The second-order valence-electron chi connectivity index (χ2n) is 7.63. The van der Waals surface area contributed by atoms with E-state index < -0.39 is 5.41 Å². The van der Waals surface area contributed by atoms with Crippen LogP contribution >= 0.6 is 11.8 Å². The number of phenolic OH excluding ortho intramolecular Hbond substituents is 1. The van der Waals surface area contributed by atoms with E-state index in [-0.39, 0.29) is 5.75 Å². The van der Waals surface area contributed by atoms with Crippen molar-refractivity contribution in [2.75, 3.05) is 0 Å². The molecule has 6 rings (SSSR count). The first-order valence-electron chi connectivity index (χ1n) is 9.67. The zero-order chi connectivity index (χ0) is 19.6. The maximum Gasteiger partial charge on any atom is 0.135 e. The summed E-state index contributed by atoms with van der Waals surface area (Å²) < 4.78 is 6.33. The van der Waals surface area contributed by atoms with Crippen LogP contribution in [0.15, 0.2) is 94.7 Å². The van der Waals surface area contributed by atoms with Crippen LogP contribution < -0.4 is 4.74 Å². The first-order valence-corrected chi connectivity index (χ1v) is 10.5. The van der Waals surface area contributed by atoms with Gasteiger partial charge in [-0.3, -0.25) is 0 Å². The molecule has 0 amide bonds. The van der Waals surface area contributed by atoms with Crippen LogP contribution in [0.3, 0.4) is 0 Å². The smallest absolute Gasteiger partial charge is 0.135 e. The Morgan fingerprint density at radius 2 is 1.28 bits per heavy atom. The van der Waals surface area contributed by atoms with Gasteiger partial charge < -0.3 is 9.84 Å². The molecule has 0 saturated carbocycles. The number of aryl methyl sites for hydroxylation is 1. The van der Waals surface area contributed by atoms with E-state index in [2.05, 4.69) is 73.7 Å². The van der Waals surface area contributed by atoms with Gasteiger partial charge in [0.1, 0.15) is 17.2 Å². The Labute approximate surface area is 173 Å². The summed E-state index contributed by atoms with van der Waals surface area (Å²) in [6, 6.07) is 29.2. The highest BCUT2D eigenvalue weighted by Crippen LogP contribution is 2.61. The minimum atomic E-state index is -0.483. The average molecular weight is 394 g/mol. The van der Waals surface area contributed by atoms with Crippen LogP contribution in [0.2, 0.25) is 0 Å². The Balaban J connectivity index is 1.84. The van der Waals surface area contributed by atoms with Crippen molar-refractivity contribution in [2.24, 2.45) is 0 Å². The zero-order valence-electron chi connectivity index (χ0n) is 15.8. The van der Waals surface area contributed by atoms with E-state index in [1.807, 2.05) is 17.8 Å². The number of hydrogen-bond donors (Lipinski definition) is 1. The van der Waals surface area contributed by atoms with Gasteiger partial charge in [0.05, 0.1) is 5.41 Å². The molecule has 0 aromatic heterocycles. The van der Waals surface area contributed by atoms with Gasteiger partial charge in [0.25, 0.3) is 0 Å². The molecule has 1 N–H and O–H groups in total. The molecule has 0 fully saturated rings. The summed E-state index contributed by atoms with van der Waals surface area (Å²) in [5.41, 5.74) is 5.37. The van der Waals surface area contributed by atoms with Crippen molar-refractivity contribution >= 4 is 11.8 Å². The zero-order valence-corrected chi connectivity index (χ0v) is 16.7. The minimum absolute atomic E-state index is 0.210. The van der Waals surface area contributed by atoms with Crippen molar-refractivity contribution in [1.82, 2.24) is 0 Å². The maximum absolute atomic E-state index is 10.2. The van der Waals surface area contributed by atoms with Crippen molar-refractivity contribution in [1.29, 1.82) is 0 Å². The van der Waals surface area contributed by atoms with E-state index >= 15 is 0 Å². The fourth-order valence-electron chi connectivity index (χ4n) is 4.77. The largest absolute Gasteiger partial charge is 0.508 e. The molecule has 140 valence electrons. The van der Waals surface area contributed by atoms with E-state index in [9.17, 15) is 5.11 Å². The third kappa shape index (κ3) is 2.19. The molecule has 0 radical (unpaired) electrons. The van der Waals surface area contributed by atoms with Gasteiger partial charge in [0.2, 0.25) is 0 Å². The Hall–Kier alpha value is -3.17. The SMILES string of the molecule is Cc1ccc2c(c1)Oc1cc(O)ccc1C21c2ccccc2Sc2ccccc21. The lowest BCUT2D eigenvalue weighted by molar-refractivity contribution is 0.420. The van der Waals surface area contributed by atoms with E-state index in [0.29, 0.717) is 5.75 Å². The summed E-state index contributed by atoms with van der Waals surface area (Å²) in [5.74, 6) is 1.76. The average Bonchev–Trinajstić information content (AvgIpc) is 2.73. The van der Waals surface area contributed by atoms with E-state index in [4.69, 9.17) is 4.74 Å². The van der Waals surface area contributed by atoms with Gasteiger partial charge in [-0.15, -0.1) is 0 Å². The summed E-state index contributed by atoms with van der Waals surface area (Å²) in [6.45, 7) is 2.08. The molecular weight excluding hydrogens is 376 g/mol. The van der Waals surface area contributed by atoms with E-state index in [0.717, 1.165) is 22.4 Å². The van der Waals surface area contributed by atoms with Crippen LogP contribution in [0.25, 0.3) is 0 Å². The number of rotatable bonds is 0. The van der Waals surface area contributed by atoms with Gasteiger partial charge in [0, 0.05) is 27.0 Å². The second-order valence-corrected chi connectivity index (χ2v) is 8.71. The molecule has 1 spiro atoms. The third-order valence-corrected chi connectivity index (χ3v) is 7.08. The maximum atomic E-state index is 10.2. The fraction of sp³-hybridized carbons (Fsp3) is 0.0769. The topological polar surface area (TPSA) is 29.5 Å². The summed E-state index contributed by atoms with van der Waals surface area (Å²) in [7, 11) is 0. The number of aromatic hydroxyl groups is 1. The van der Waals surface area contributed by atoms with E-state index in [1.165, 1.54) is 20.9 Å². The van der Waals surface area contributed by atoms with Crippen molar-refractivity contribution in [3.05, 3.63) is 113 Å². The standard InChI is InChI=1S/C26H18O2S/c1-16-10-12-18-22(14-16)28-23-15-17(27)11-13-19(23)26(18)20-6-2-4-8-24(20)29-25-9-5-3-7-21(25)26/h2-15,27H,1H3. The Morgan fingerprint density at radius 1 is 0.690 bits per heavy atom. The molecule has 4 aromatic rings.